The Balaban J connectivity index is 1.92. The van der Waals surface area contributed by atoms with Gasteiger partial charge in [0, 0.05) is 16.5 Å². The standard InChI is InChI=1S/C21H21BrO3/c1-3-25-21-9-6-17(22)13-20(21)16-10-15(11-18(23)12-16)14-4-7-19(24-2)8-5-14/h4-9,12-13,15H,3,10-11H2,1-2H3/t15-/m1/s1. The van der Waals surface area contributed by atoms with Crippen molar-refractivity contribution >= 4 is 27.3 Å². The highest BCUT2D eigenvalue weighted by atomic mass is 79.9. The molecule has 4 heteroatoms. The summed E-state index contributed by atoms with van der Waals surface area (Å²) in [6.07, 6.45) is 3.12. The number of hydrogen-bond donors (Lipinski definition) is 0. The molecule has 0 aromatic heterocycles. The summed E-state index contributed by atoms with van der Waals surface area (Å²) < 4.78 is 12.0. The van der Waals surface area contributed by atoms with E-state index < -0.39 is 0 Å². The molecule has 0 N–H and O–H groups in total. The lowest BCUT2D eigenvalue weighted by Gasteiger charge is -2.24. The molecule has 0 bridgehead atoms. The molecule has 0 saturated heterocycles. The van der Waals surface area contributed by atoms with Crippen LogP contribution in [0.1, 0.15) is 36.8 Å². The molecule has 0 heterocycles. The van der Waals surface area contributed by atoms with Gasteiger partial charge in [-0.2, -0.15) is 0 Å². The number of carbonyl (C=O) groups is 1. The van der Waals surface area contributed by atoms with Gasteiger partial charge in [-0.15, -0.1) is 0 Å². The maximum atomic E-state index is 12.4. The van der Waals surface area contributed by atoms with Crippen LogP contribution in [0.2, 0.25) is 0 Å². The number of allylic oxidation sites excluding steroid dienone is 2. The Labute approximate surface area is 156 Å². The van der Waals surface area contributed by atoms with E-state index in [1.807, 2.05) is 49.4 Å². The van der Waals surface area contributed by atoms with Gasteiger partial charge in [-0.25, -0.2) is 0 Å². The molecule has 3 rings (SSSR count). The quantitative estimate of drug-likeness (QED) is 0.674. The minimum Gasteiger partial charge on any atom is -0.497 e. The smallest absolute Gasteiger partial charge is 0.156 e. The van der Waals surface area contributed by atoms with E-state index >= 15 is 0 Å². The van der Waals surface area contributed by atoms with Gasteiger partial charge in [-0.1, -0.05) is 28.1 Å². The SMILES string of the molecule is CCOc1ccc(Br)cc1C1=CC(=O)C[C@H](c2ccc(OC)cc2)C1. The van der Waals surface area contributed by atoms with Crippen LogP contribution in [0.3, 0.4) is 0 Å². The topological polar surface area (TPSA) is 35.5 Å². The first kappa shape index (κ1) is 17.7. The van der Waals surface area contributed by atoms with E-state index in [0.717, 1.165) is 39.1 Å². The van der Waals surface area contributed by atoms with Crippen molar-refractivity contribution in [2.45, 2.75) is 25.7 Å². The summed E-state index contributed by atoms with van der Waals surface area (Å²) in [5.41, 5.74) is 3.18. The fourth-order valence-electron chi connectivity index (χ4n) is 3.23. The van der Waals surface area contributed by atoms with Crippen molar-refractivity contribution in [3.63, 3.8) is 0 Å². The van der Waals surface area contributed by atoms with Crippen LogP contribution < -0.4 is 9.47 Å². The van der Waals surface area contributed by atoms with Crippen LogP contribution in [0.25, 0.3) is 5.57 Å². The number of ketones is 1. The molecule has 0 saturated carbocycles. The highest BCUT2D eigenvalue weighted by Gasteiger charge is 2.24. The molecule has 0 fully saturated rings. The highest BCUT2D eigenvalue weighted by Crippen LogP contribution is 2.40. The molecule has 3 nitrogen and oxygen atoms in total. The first-order chi connectivity index (χ1) is 12.1. The molecule has 2 aromatic carbocycles. The molecule has 0 unspecified atom stereocenters. The van der Waals surface area contributed by atoms with Crippen LogP contribution in [0.15, 0.2) is 53.0 Å². The van der Waals surface area contributed by atoms with E-state index in [4.69, 9.17) is 9.47 Å². The van der Waals surface area contributed by atoms with Crippen molar-refractivity contribution < 1.29 is 14.3 Å². The van der Waals surface area contributed by atoms with Crippen molar-refractivity contribution in [3.8, 4) is 11.5 Å². The van der Waals surface area contributed by atoms with Crippen LogP contribution in [-0.2, 0) is 4.79 Å². The minimum absolute atomic E-state index is 0.157. The van der Waals surface area contributed by atoms with Gasteiger partial charge in [0.15, 0.2) is 5.78 Å². The van der Waals surface area contributed by atoms with E-state index in [1.165, 1.54) is 0 Å². The van der Waals surface area contributed by atoms with Gasteiger partial charge in [0.25, 0.3) is 0 Å². The minimum atomic E-state index is 0.157. The number of halogens is 1. The van der Waals surface area contributed by atoms with Crippen molar-refractivity contribution in [3.05, 3.63) is 64.1 Å². The van der Waals surface area contributed by atoms with Gasteiger partial charge < -0.3 is 9.47 Å². The second kappa shape index (κ2) is 7.87. The number of carbonyl (C=O) groups excluding carboxylic acids is 1. The number of benzene rings is 2. The first-order valence-corrected chi connectivity index (χ1v) is 9.20. The summed E-state index contributed by atoms with van der Waals surface area (Å²) in [4.78, 5) is 12.4. The Kier molecular flexibility index (Phi) is 5.59. The molecular formula is C21H21BrO3. The predicted octanol–water partition coefficient (Wildman–Crippen LogP) is 5.39. The zero-order chi connectivity index (χ0) is 17.8. The molecule has 1 aliphatic rings. The molecule has 1 atom stereocenters. The van der Waals surface area contributed by atoms with Crippen LogP contribution >= 0.6 is 15.9 Å². The average Bonchev–Trinajstić information content (AvgIpc) is 2.63. The summed E-state index contributed by atoms with van der Waals surface area (Å²) in [5.74, 6) is 1.98. The first-order valence-electron chi connectivity index (χ1n) is 8.40. The molecule has 130 valence electrons. The lowest BCUT2D eigenvalue weighted by Crippen LogP contribution is -2.13. The molecule has 25 heavy (non-hydrogen) atoms. The van der Waals surface area contributed by atoms with Gasteiger partial charge in [0.05, 0.1) is 13.7 Å². The third-order valence-electron chi connectivity index (χ3n) is 4.42. The van der Waals surface area contributed by atoms with E-state index in [0.29, 0.717) is 13.0 Å². The van der Waals surface area contributed by atoms with Crippen LogP contribution in [0, 0.1) is 0 Å². The third kappa shape index (κ3) is 4.13. The molecule has 0 amide bonds. The molecule has 0 radical (unpaired) electrons. The highest BCUT2D eigenvalue weighted by molar-refractivity contribution is 9.10. The predicted molar refractivity (Wildman–Crippen MR) is 103 cm³/mol. The monoisotopic (exact) mass is 400 g/mol. The summed E-state index contributed by atoms with van der Waals surface area (Å²) in [7, 11) is 1.66. The lowest BCUT2D eigenvalue weighted by atomic mass is 9.81. The Morgan fingerprint density at radius 3 is 2.56 bits per heavy atom. The molecule has 0 spiro atoms. The Bertz CT molecular complexity index is 793. The van der Waals surface area contributed by atoms with Crippen LogP contribution in [0.5, 0.6) is 11.5 Å². The summed E-state index contributed by atoms with van der Waals surface area (Å²) >= 11 is 3.52. The van der Waals surface area contributed by atoms with Gasteiger partial charge in [-0.3, -0.25) is 4.79 Å². The number of methoxy groups -OCH3 is 1. The van der Waals surface area contributed by atoms with Crippen molar-refractivity contribution in [2.75, 3.05) is 13.7 Å². The summed E-state index contributed by atoms with van der Waals surface area (Å²) in [5, 5.41) is 0. The van der Waals surface area contributed by atoms with Gasteiger partial charge in [0.1, 0.15) is 11.5 Å². The zero-order valence-electron chi connectivity index (χ0n) is 14.4. The van der Waals surface area contributed by atoms with Crippen LogP contribution in [0.4, 0.5) is 0 Å². The number of hydrogen-bond acceptors (Lipinski definition) is 3. The second-order valence-corrected chi connectivity index (χ2v) is 7.00. The number of rotatable bonds is 5. The second-order valence-electron chi connectivity index (χ2n) is 6.09. The Morgan fingerprint density at radius 2 is 1.88 bits per heavy atom. The molecular weight excluding hydrogens is 380 g/mol. The Morgan fingerprint density at radius 1 is 1.12 bits per heavy atom. The molecule has 0 aliphatic heterocycles. The van der Waals surface area contributed by atoms with Crippen molar-refractivity contribution in [2.24, 2.45) is 0 Å². The van der Waals surface area contributed by atoms with E-state index in [9.17, 15) is 4.79 Å². The maximum absolute atomic E-state index is 12.4. The van der Waals surface area contributed by atoms with E-state index in [-0.39, 0.29) is 11.7 Å². The summed E-state index contributed by atoms with van der Waals surface area (Å²) in [6.45, 7) is 2.56. The van der Waals surface area contributed by atoms with Gasteiger partial charge in [0.2, 0.25) is 0 Å². The van der Waals surface area contributed by atoms with E-state index in [1.54, 1.807) is 13.2 Å². The molecule has 2 aromatic rings. The largest absolute Gasteiger partial charge is 0.497 e. The lowest BCUT2D eigenvalue weighted by molar-refractivity contribution is -0.115. The third-order valence-corrected chi connectivity index (χ3v) is 4.92. The number of ether oxygens (including phenoxy) is 2. The van der Waals surface area contributed by atoms with Gasteiger partial charge >= 0.3 is 0 Å². The fourth-order valence-corrected chi connectivity index (χ4v) is 3.59. The average molecular weight is 401 g/mol. The van der Waals surface area contributed by atoms with Crippen LogP contribution in [-0.4, -0.2) is 19.5 Å². The zero-order valence-corrected chi connectivity index (χ0v) is 16.0. The van der Waals surface area contributed by atoms with Crippen molar-refractivity contribution in [1.29, 1.82) is 0 Å². The van der Waals surface area contributed by atoms with Gasteiger partial charge in [-0.05, 0) is 66.8 Å². The normalized spacial score (nSPS) is 17.2. The summed E-state index contributed by atoms with van der Waals surface area (Å²) in [6, 6.07) is 13.9. The maximum Gasteiger partial charge on any atom is 0.156 e. The van der Waals surface area contributed by atoms with E-state index in [2.05, 4.69) is 15.9 Å². The Hall–Kier alpha value is -2.07. The fraction of sp³-hybridized carbons (Fsp3) is 0.286. The molecule has 1 aliphatic carbocycles. The van der Waals surface area contributed by atoms with Crippen molar-refractivity contribution in [1.82, 2.24) is 0 Å².